The number of hydrogen-bond donors (Lipinski definition) is 1. The van der Waals surface area contributed by atoms with Crippen molar-refractivity contribution in [3.8, 4) is 23.0 Å². The Hall–Kier alpha value is -4.52. The van der Waals surface area contributed by atoms with Gasteiger partial charge in [-0.25, -0.2) is 43.8 Å². The standard InChI is InChI=1S/C39H43ClF5N5O8S3/c1-37(2,3)58-36(51)47-30(19-22-17-23(41)20-24(42)18-22)33-31(26-12-10-9-11-25(26)29(46-33)15-16-38(4,5)59(6,52)53)27-13-14-28(40)32-34(27)49(21-39(43,44)45)48-35(32)50(60(7,54)55)61(8,56)57/h13-14,17-18,20,30H,9-12,19,21H2,1-8H3,(H,47,51). The third-order valence-corrected chi connectivity index (χ3v) is 15.0. The molecule has 1 aliphatic rings. The molecule has 1 unspecified atom stereocenters. The molecule has 1 amide bonds. The SMILES string of the molecule is CC(C)(C)OC(=O)NC(Cc1cc(F)cc(F)c1)c1nc(C#CC(C)(C)S(C)(=O)=O)c2c(c1-c1ccc(Cl)c3c(N(S(C)(=O)=O)S(C)(=O)=O)nn(CC(F)(F)F)c13)CCCC2. The maximum absolute atomic E-state index is 14.7. The number of hydrogen-bond acceptors (Lipinski definition) is 10. The smallest absolute Gasteiger partial charge is 0.408 e. The minimum absolute atomic E-state index is 0.00234. The normalized spacial score (nSPS) is 14.5. The third-order valence-electron chi connectivity index (χ3n) is 9.53. The zero-order chi connectivity index (χ0) is 45.8. The van der Waals surface area contributed by atoms with Gasteiger partial charge in [0.05, 0.1) is 40.2 Å². The number of nitrogens with zero attached hydrogens (tertiary/aromatic N) is 4. The van der Waals surface area contributed by atoms with Crippen molar-refractivity contribution in [2.75, 3.05) is 22.5 Å². The number of aromatic nitrogens is 3. The van der Waals surface area contributed by atoms with Gasteiger partial charge in [-0.2, -0.15) is 18.3 Å². The summed E-state index contributed by atoms with van der Waals surface area (Å²) >= 11 is 6.63. The van der Waals surface area contributed by atoms with Crippen LogP contribution in [0, 0.1) is 23.5 Å². The predicted octanol–water partition coefficient (Wildman–Crippen LogP) is 7.18. The number of anilines is 1. The molecule has 0 aliphatic heterocycles. The van der Waals surface area contributed by atoms with Crippen molar-refractivity contribution >= 4 is 64.3 Å². The van der Waals surface area contributed by atoms with E-state index in [4.69, 9.17) is 21.3 Å². The van der Waals surface area contributed by atoms with E-state index in [1.807, 2.05) is 0 Å². The molecule has 1 aliphatic carbocycles. The third kappa shape index (κ3) is 10.9. The fourth-order valence-electron chi connectivity index (χ4n) is 6.87. The van der Waals surface area contributed by atoms with E-state index in [1.54, 1.807) is 20.8 Å². The summed E-state index contributed by atoms with van der Waals surface area (Å²) in [6, 6.07) is 3.69. The number of carbonyl (C=O) groups is 1. The highest BCUT2D eigenvalue weighted by molar-refractivity contribution is 8.09. The van der Waals surface area contributed by atoms with E-state index >= 15 is 0 Å². The lowest BCUT2D eigenvalue weighted by atomic mass is 9.82. The molecule has 4 aromatic rings. The van der Waals surface area contributed by atoms with Crippen LogP contribution in [0.2, 0.25) is 5.02 Å². The van der Waals surface area contributed by atoms with E-state index in [2.05, 4.69) is 22.3 Å². The average Bonchev–Trinajstić information content (AvgIpc) is 3.41. The average molecular weight is 936 g/mol. The summed E-state index contributed by atoms with van der Waals surface area (Å²) in [5.41, 5.74) is -0.818. The summed E-state index contributed by atoms with van der Waals surface area (Å²) in [7, 11) is -13.4. The van der Waals surface area contributed by atoms with E-state index in [0.717, 1.165) is 18.4 Å². The zero-order valence-corrected chi connectivity index (χ0v) is 37.5. The summed E-state index contributed by atoms with van der Waals surface area (Å²) in [5, 5.41) is 5.72. The largest absolute Gasteiger partial charge is 0.444 e. The van der Waals surface area contributed by atoms with Gasteiger partial charge in [0.15, 0.2) is 15.7 Å². The monoisotopic (exact) mass is 935 g/mol. The van der Waals surface area contributed by atoms with Crippen LogP contribution in [-0.4, -0.2) is 81.4 Å². The summed E-state index contributed by atoms with van der Waals surface area (Å²) in [6.07, 6.45) is -2.85. The zero-order valence-electron chi connectivity index (χ0n) is 34.3. The van der Waals surface area contributed by atoms with E-state index in [-0.39, 0.29) is 49.7 Å². The number of sulfonamides is 2. The van der Waals surface area contributed by atoms with Crippen LogP contribution in [0.5, 0.6) is 0 Å². The molecule has 0 saturated carbocycles. The Kier molecular flexibility index (Phi) is 13.0. The lowest BCUT2D eigenvalue weighted by Gasteiger charge is -2.29. The molecular weight excluding hydrogens is 893 g/mol. The number of benzene rings is 2. The molecule has 61 heavy (non-hydrogen) atoms. The van der Waals surface area contributed by atoms with Crippen molar-refractivity contribution in [2.24, 2.45) is 0 Å². The molecule has 0 radical (unpaired) electrons. The quantitative estimate of drug-likeness (QED) is 0.127. The number of sulfone groups is 1. The molecule has 1 N–H and O–H groups in total. The molecule has 0 saturated heterocycles. The molecule has 5 rings (SSSR count). The second kappa shape index (κ2) is 16.6. The van der Waals surface area contributed by atoms with E-state index < -0.39 is 99.9 Å². The lowest BCUT2D eigenvalue weighted by Crippen LogP contribution is -2.36. The first-order chi connectivity index (χ1) is 27.8. The Morgan fingerprint density at radius 1 is 0.934 bits per heavy atom. The van der Waals surface area contributed by atoms with Crippen molar-refractivity contribution in [1.29, 1.82) is 0 Å². The maximum Gasteiger partial charge on any atom is 0.408 e. The maximum atomic E-state index is 14.7. The van der Waals surface area contributed by atoms with Gasteiger partial charge in [0.2, 0.25) is 20.0 Å². The molecule has 2 aromatic heterocycles. The first-order valence-electron chi connectivity index (χ1n) is 18.5. The van der Waals surface area contributed by atoms with E-state index in [0.29, 0.717) is 47.2 Å². The highest BCUT2D eigenvalue weighted by Crippen LogP contribution is 2.46. The molecule has 13 nitrogen and oxygen atoms in total. The number of ether oxygens (including phenoxy) is 1. The van der Waals surface area contributed by atoms with Crippen LogP contribution in [0.15, 0.2) is 30.3 Å². The van der Waals surface area contributed by atoms with Gasteiger partial charge in [-0.1, -0.05) is 23.6 Å². The summed E-state index contributed by atoms with van der Waals surface area (Å²) in [6.45, 7) is 5.61. The molecule has 22 heteroatoms. The molecule has 332 valence electrons. The van der Waals surface area contributed by atoms with Crippen molar-refractivity contribution in [3.63, 3.8) is 0 Å². The summed E-state index contributed by atoms with van der Waals surface area (Å²) < 4.78 is 154. The topological polar surface area (TPSA) is 175 Å². The number of alkyl carbamates (subject to hydrolysis) is 1. The Balaban J connectivity index is 2.02. The Morgan fingerprint density at radius 3 is 2.03 bits per heavy atom. The van der Waals surface area contributed by atoms with Gasteiger partial charge in [-0.05, 0) is 108 Å². The van der Waals surface area contributed by atoms with Crippen LogP contribution in [0.4, 0.5) is 32.6 Å². The number of carbonyl (C=O) groups excluding carboxylic acids is 1. The van der Waals surface area contributed by atoms with Crippen LogP contribution in [0.3, 0.4) is 0 Å². The number of halogens is 6. The predicted molar refractivity (Wildman–Crippen MR) is 221 cm³/mol. The van der Waals surface area contributed by atoms with Gasteiger partial charge in [0.1, 0.15) is 34.2 Å². The number of nitrogens with one attached hydrogen (secondary N) is 1. The van der Waals surface area contributed by atoms with E-state index in [9.17, 15) is 52.0 Å². The van der Waals surface area contributed by atoms with Crippen LogP contribution >= 0.6 is 11.6 Å². The number of rotatable bonds is 10. The molecule has 2 aromatic carbocycles. The van der Waals surface area contributed by atoms with Crippen molar-refractivity contribution in [2.45, 2.75) is 95.8 Å². The van der Waals surface area contributed by atoms with Crippen molar-refractivity contribution in [1.82, 2.24) is 20.1 Å². The van der Waals surface area contributed by atoms with E-state index in [1.165, 1.54) is 26.0 Å². The molecule has 0 bridgehead atoms. The van der Waals surface area contributed by atoms with Gasteiger partial charge in [-0.15, -0.1) is 3.71 Å². The molecule has 2 heterocycles. The van der Waals surface area contributed by atoms with Crippen molar-refractivity contribution < 1.29 is 56.7 Å². The number of alkyl halides is 3. The van der Waals surface area contributed by atoms with Crippen LogP contribution < -0.4 is 9.03 Å². The molecule has 0 fully saturated rings. The second-order valence-electron chi connectivity index (χ2n) is 16.2. The highest BCUT2D eigenvalue weighted by Gasteiger charge is 2.39. The van der Waals surface area contributed by atoms with Gasteiger partial charge in [-0.3, -0.25) is 4.68 Å². The van der Waals surface area contributed by atoms with Gasteiger partial charge >= 0.3 is 12.3 Å². The molecule has 1 atom stereocenters. The van der Waals surface area contributed by atoms with Gasteiger partial charge in [0, 0.05) is 23.4 Å². The fourth-order valence-corrected chi connectivity index (χ4v) is 10.2. The fraction of sp³-hybridized carbons (Fsp3) is 0.462. The first kappa shape index (κ1) is 47.5. The van der Waals surface area contributed by atoms with Crippen LogP contribution in [-0.2, 0) is 60.4 Å². The van der Waals surface area contributed by atoms with Gasteiger partial charge < -0.3 is 10.1 Å². The lowest BCUT2D eigenvalue weighted by molar-refractivity contribution is -0.141. The van der Waals surface area contributed by atoms with Crippen LogP contribution in [0.1, 0.15) is 81.6 Å². The number of pyridine rings is 1. The Morgan fingerprint density at radius 2 is 1.51 bits per heavy atom. The first-order valence-corrected chi connectivity index (χ1v) is 24.4. The van der Waals surface area contributed by atoms with Crippen molar-refractivity contribution in [3.05, 3.63) is 75.1 Å². The van der Waals surface area contributed by atoms with Crippen LogP contribution in [0.25, 0.3) is 22.0 Å². The summed E-state index contributed by atoms with van der Waals surface area (Å²) in [5.74, 6) is 2.74. The minimum Gasteiger partial charge on any atom is -0.444 e. The number of amides is 1. The molecule has 0 spiro atoms. The molecular formula is C39H43ClF5N5O8S3. The summed E-state index contributed by atoms with van der Waals surface area (Å²) in [4.78, 5) is 18.5. The Bertz CT molecular complexity index is 2780. The number of fused-ring (bicyclic) bond motifs is 2. The Labute approximate surface area is 356 Å². The second-order valence-corrected chi connectivity index (χ2v) is 23.1. The minimum atomic E-state index is -5.02. The highest BCUT2D eigenvalue weighted by atomic mass is 35.5. The van der Waals surface area contributed by atoms with Gasteiger partial charge in [0.25, 0.3) is 0 Å².